The normalized spacial score (nSPS) is 24.3. The van der Waals surface area contributed by atoms with Crippen LogP contribution in [-0.4, -0.2) is 29.9 Å². The molecular weight excluding hydrogens is 309 g/mol. The number of hydrogen-bond acceptors (Lipinski definition) is 2. The molecule has 3 N–H and O–H groups in total. The molecule has 2 aliphatic rings. The van der Waals surface area contributed by atoms with Crippen LogP contribution in [0.15, 0.2) is 18.2 Å². The number of urea groups is 1. The number of hydrogen-bond donors (Lipinski definition) is 2. The smallest absolute Gasteiger partial charge is 0.317 e. The molecule has 0 spiro atoms. The van der Waals surface area contributed by atoms with Gasteiger partial charge in [0.25, 0.3) is 0 Å². The van der Waals surface area contributed by atoms with Gasteiger partial charge in [-0.05, 0) is 48.8 Å². The molecule has 1 aliphatic heterocycles. The van der Waals surface area contributed by atoms with Crippen LogP contribution >= 0.6 is 0 Å². The summed E-state index contributed by atoms with van der Waals surface area (Å²) < 4.78 is 14.0. The Morgan fingerprint density at radius 1 is 1.25 bits per heavy atom. The lowest BCUT2D eigenvalue weighted by Crippen LogP contribution is -2.48. The second kappa shape index (κ2) is 6.79. The second-order valence-corrected chi connectivity index (χ2v) is 6.91. The largest absolute Gasteiger partial charge is 0.369 e. The van der Waals surface area contributed by atoms with Crippen molar-refractivity contribution < 1.29 is 14.0 Å². The summed E-state index contributed by atoms with van der Waals surface area (Å²) in [6.07, 6.45) is 2.77. The molecule has 1 aromatic rings. The zero-order valence-electron chi connectivity index (χ0n) is 13.9. The number of benzene rings is 1. The first-order valence-corrected chi connectivity index (χ1v) is 8.59. The summed E-state index contributed by atoms with van der Waals surface area (Å²) in [6, 6.07) is 4.75. The van der Waals surface area contributed by atoms with Crippen LogP contribution in [0, 0.1) is 17.7 Å². The number of carbonyl (C=O) groups is 2. The molecule has 6 heteroatoms. The van der Waals surface area contributed by atoms with Crippen molar-refractivity contribution in [2.75, 3.05) is 13.1 Å². The van der Waals surface area contributed by atoms with E-state index in [0.717, 1.165) is 12.0 Å². The summed E-state index contributed by atoms with van der Waals surface area (Å²) in [5, 5.41) is 3.07. The van der Waals surface area contributed by atoms with Crippen LogP contribution in [0.3, 0.4) is 0 Å². The molecule has 1 aromatic carbocycles. The second-order valence-electron chi connectivity index (χ2n) is 6.91. The Morgan fingerprint density at radius 3 is 2.62 bits per heavy atom. The molecule has 1 aliphatic carbocycles. The van der Waals surface area contributed by atoms with E-state index < -0.39 is 0 Å². The van der Waals surface area contributed by atoms with Crippen LogP contribution in [-0.2, 0) is 11.2 Å². The Bertz CT molecular complexity index is 641. The molecule has 0 bridgehead atoms. The fourth-order valence-corrected chi connectivity index (χ4v) is 3.79. The minimum absolute atomic E-state index is 0.141. The molecule has 0 aromatic heterocycles. The molecule has 5 nitrogen and oxygen atoms in total. The first-order chi connectivity index (χ1) is 11.5. The highest BCUT2D eigenvalue weighted by Crippen LogP contribution is 2.35. The zero-order valence-corrected chi connectivity index (χ0v) is 13.9. The number of rotatable bonds is 2. The predicted octanol–water partition coefficient (Wildman–Crippen LogP) is 2.36. The number of likely N-dealkylation sites (tertiary alicyclic amines) is 1. The van der Waals surface area contributed by atoms with Crippen molar-refractivity contribution >= 4 is 11.9 Å². The number of nitrogens with one attached hydrogen (secondary N) is 1. The molecule has 0 unspecified atom stereocenters. The van der Waals surface area contributed by atoms with Crippen LogP contribution < -0.4 is 11.1 Å². The quantitative estimate of drug-likeness (QED) is 0.872. The first kappa shape index (κ1) is 16.7. The lowest BCUT2D eigenvalue weighted by molar-refractivity contribution is -0.123. The number of nitrogens with zero attached hydrogens (tertiary/aromatic N) is 1. The third kappa shape index (κ3) is 3.23. The standard InChI is InChI=1S/C18H24FN3O2/c1-11-5-6-13-14(3-2-4-15(13)19)16(11)21-18(24)22-9-7-12(8-10-22)17(20)23/h2-4,11-12,16H,5-10H2,1H3,(H2,20,23)(H,21,24)/t11-,16-/m1/s1. The Morgan fingerprint density at radius 2 is 1.96 bits per heavy atom. The van der Waals surface area contributed by atoms with Crippen molar-refractivity contribution in [1.82, 2.24) is 10.2 Å². The van der Waals surface area contributed by atoms with Crippen LogP contribution in [0.1, 0.15) is 43.4 Å². The summed E-state index contributed by atoms with van der Waals surface area (Å²) in [5.74, 6) is -0.370. The monoisotopic (exact) mass is 333 g/mol. The van der Waals surface area contributed by atoms with Crippen molar-refractivity contribution in [2.24, 2.45) is 17.6 Å². The molecule has 1 saturated heterocycles. The van der Waals surface area contributed by atoms with Gasteiger partial charge in [0.15, 0.2) is 0 Å². The maximum atomic E-state index is 14.0. The van der Waals surface area contributed by atoms with Crippen molar-refractivity contribution in [3.63, 3.8) is 0 Å². The predicted molar refractivity (Wildman–Crippen MR) is 88.6 cm³/mol. The first-order valence-electron chi connectivity index (χ1n) is 8.59. The maximum absolute atomic E-state index is 14.0. The lowest BCUT2D eigenvalue weighted by atomic mass is 9.80. The third-order valence-electron chi connectivity index (χ3n) is 5.37. The summed E-state index contributed by atoms with van der Waals surface area (Å²) in [5.41, 5.74) is 6.93. The van der Waals surface area contributed by atoms with Crippen LogP contribution in [0.5, 0.6) is 0 Å². The van der Waals surface area contributed by atoms with Gasteiger partial charge in [0.1, 0.15) is 5.82 Å². The Balaban J connectivity index is 1.69. The SMILES string of the molecule is C[C@@H]1CCc2c(F)cccc2[C@@H]1NC(=O)N1CCC(C(N)=O)CC1. The summed E-state index contributed by atoms with van der Waals surface area (Å²) in [6.45, 7) is 3.13. The van der Waals surface area contributed by atoms with E-state index in [1.165, 1.54) is 6.07 Å². The molecule has 1 heterocycles. The molecule has 0 radical (unpaired) electrons. The van der Waals surface area contributed by atoms with Crippen LogP contribution in [0.25, 0.3) is 0 Å². The van der Waals surface area contributed by atoms with Crippen molar-refractivity contribution in [1.29, 1.82) is 0 Å². The van der Waals surface area contributed by atoms with Crippen molar-refractivity contribution in [2.45, 2.75) is 38.6 Å². The number of fused-ring (bicyclic) bond motifs is 1. The van der Waals surface area contributed by atoms with E-state index in [1.807, 2.05) is 6.07 Å². The Labute approximate surface area is 141 Å². The van der Waals surface area contributed by atoms with E-state index in [1.54, 1.807) is 11.0 Å². The van der Waals surface area contributed by atoms with Crippen molar-refractivity contribution in [3.8, 4) is 0 Å². The molecule has 3 amide bonds. The number of carbonyl (C=O) groups excluding carboxylic acids is 2. The van der Waals surface area contributed by atoms with Crippen LogP contribution in [0.4, 0.5) is 9.18 Å². The summed E-state index contributed by atoms with van der Waals surface area (Å²) >= 11 is 0. The number of piperidine rings is 1. The van der Waals surface area contributed by atoms with E-state index in [0.29, 0.717) is 37.9 Å². The van der Waals surface area contributed by atoms with Gasteiger partial charge in [-0.15, -0.1) is 0 Å². The summed E-state index contributed by atoms with van der Waals surface area (Å²) in [7, 11) is 0. The number of amides is 3. The molecule has 0 saturated carbocycles. The lowest BCUT2D eigenvalue weighted by Gasteiger charge is -2.36. The highest BCUT2D eigenvalue weighted by atomic mass is 19.1. The Hall–Kier alpha value is -2.11. The number of primary amides is 1. The Kier molecular flexibility index (Phi) is 4.73. The van der Waals surface area contributed by atoms with Gasteiger partial charge in [0, 0.05) is 19.0 Å². The van der Waals surface area contributed by atoms with E-state index in [4.69, 9.17) is 5.73 Å². The van der Waals surface area contributed by atoms with Gasteiger partial charge in [0.2, 0.25) is 5.91 Å². The van der Waals surface area contributed by atoms with Gasteiger partial charge in [-0.1, -0.05) is 19.1 Å². The van der Waals surface area contributed by atoms with Gasteiger partial charge in [0.05, 0.1) is 6.04 Å². The molecule has 1 fully saturated rings. The third-order valence-corrected chi connectivity index (χ3v) is 5.37. The van der Waals surface area contributed by atoms with Gasteiger partial charge >= 0.3 is 6.03 Å². The van der Waals surface area contributed by atoms with Gasteiger partial charge in [-0.25, -0.2) is 9.18 Å². The summed E-state index contributed by atoms with van der Waals surface area (Å²) in [4.78, 5) is 25.5. The van der Waals surface area contributed by atoms with E-state index in [-0.39, 0.29) is 35.6 Å². The van der Waals surface area contributed by atoms with E-state index in [2.05, 4.69) is 12.2 Å². The highest BCUT2D eigenvalue weighted by molar-refractivity contribution is 5.78. The average molecular weight is 333 g/mol. The zero-order chi connectivity index (χ0) is 17.3. The highest BCUT2D eigenvalue weighted by Gasteiger charge is 2.32. The molecular formula is C18H24FN3O2. The fourth-order valence-electron chi connectivity index (χ4n) is 3.79. The van der Waals surface area contributed by atoms with E-state index >= 15 is 0 Å². The maximum Gasteiger partial charge on any atom is 0.317 e. The van der Waals surface area contributed by atoms with E-state index in [9.17, 15) is 14.0 Å². The van der Waals surface area contributed by atoms with Crippen LogP contribution in [0.2, 0.25) is 0 Å². The molecule has 130 valence electrons. The van der Waals surface area contributed by atoms with Gasteiger partial charge in [-0.3, -0.25) is 4.79 Å². The molecule has 2 atom stereocenters. The number of halogens is 1. The topological polar surface area (TPSA) is 75.4 Å². The fraction of sp³-hybridized carbons (Fsp3) is 0.556. The minimum atomic E-state index is -0.291. The van der Waals surface area contributed by atoms with Crippen molar-refractivity contribution in [3.05, 3.63) is 35.1 Å². The molecule has 3 rings (SSSR count). The number of nitrogens with two attached hydrogens (primary N) is 1. The molecule has 24 heavy (non-hydrogen) atoms. The van der Waals surface area contributed by atoms with Gasteiger partial charge in [-0.2, -0.15) is 0 Å². The average Bonchev–Trinajstić information content (AvgIpc) is 2.57. The minimum Gasteiger partial charge on any atom is -0.369 e. The van der Waals surface area contributed by atoms with Gasteiger partial charge < -0.3 is 16.0 Å².